The molecule has 0 spiro atoms. The van der Waals surface area contributed by atoms with Crippen LogP contribution >= 0.6 is 12.2 Å². The molecule has 1 unspecified atom stereocenters. The van der Waals surface area contributed by atoms with Gasteiger partial charge < -0.3 is 5.32 Å². The lowest BCUT2D eigenvalue weighted by molar-refractivity contribution is 0.554. The van der Waals surface area contributed by atoms with Crippen molar-refractivity contribution in [2.75, 3.05) is 5.32 Å². The van der Waals surface area contributed by atoms with Gasteiger partial charge in [0.15, 0.2) is 5.11 Å². The van der Waals surface area contributed by atoms with Crippen molar-refractivity contribution in [3.63, 3.8) is 0 Å². The molecule has 2 aromatic carbocycles. The first-order valence-electron chi connectivity index (χ1n) is 10.3. The predicted molar refractivity (Wildman–Crippen MR) is 126 cm³/mol. The molecule has 3 nitrogen and oxygen atoms in total. The van der Waals surface area contributed by atoms with Gasteiger partial charge in [-0.3, -0.25) is 5.43 Å². The fraction of sp³-hybridized carbons (Fsp3) is 0.417. The Bertz CT molecular complexity index is 756. The van der Waals surface area contributed by atoms with Crippen molar-refractivity contribution < 1.29 is 0 Å². The van der Waals surface area contributed by atoms with E-state index < -0.39 is 0 Å². The molecule has 0 aliphatic rings. The van der Waals surface area contributed by atoms with Crippen LogP contribution in [-0.4, -0.2) is 11.3 Å². The Morgan fingerprint density at radius 2 is 1.86 bits per heavy atom. The summed E-state index contributed by atoms with van der Waals surface area (Å²) >= 11 is 5.40. The third-order valence-electron chi connectivity index (χ3n) is 4.85. The molecule has 2 N–H and O–H groups in total. The highest BCUT2D eigenvalue weighted by Crippen LogP contribution is 2.16. The standard InChI is InChI=1S/C24H33N3S/c1-4-5-6-8-13-22(17-21-11-9-7-10-12-21)18-25-27-24(28)26-23-15-14-19(2)16-20(23)3/h7,9-12,14-16,18,22H,4-6,8,13,17H2,1-3H3,(H2,26,27,28)/b25-18+. The Balaban J connectivity index is 1.89. The molecule has 0 aliphatic heterocycles. The van der Waals surface area contributed by atoms with Gasteiger partial charge in [-0.2, -0.15) is 5.10 Å². The summed E-state index contributed by atoms with van der Waals surface area (Å²) in [4.78, 5) is 0. The molecule has 28 heavy (non-hydrogen) atoms. The summed E-state index contributed by atoms with van der Waals surface area (Å²) in [5, 5.41) is 8.18. The SMILES string of the molecule is CCCCCCC(/C=N/NC(=S)Nc1ccc(C)cc1C)Cc1ccccc1. The summed E-state index contributed by atoms with van der Waals surface area (Å²) in [6.45, 7) is 6.41. The van der Waals surface area contributed by atoms with Crippen molar-refractivity contribution in [3.05, 3.63) is 65.2 Å². The lowest BCUT2D eigenvalue weighted by atomic mass is 9.94. The summed E-state index contributed by atoms with van der Waals surface area (Å²) in [7, 11) is 0. The summed E-state index contributed by atoms with van der Waals surface area (Å²) in [5.41, 5.74) is 7.76. The van der Waals surface area contributed by atoms with Gasteiger partial charge in [0.25, 0.3) is 0 Å². The second-order valence-corrected chi connectivity index (χ2v) is 7.87. The minimum atomic E-state index is 0.413. The highest BCUT2D eigenvalue weighted by Gasteiger charge is 2.08. The third kappa shape index (κ3) is 8.22. The van der Waals surface area contributed by atoms with Crippen LogP contribution in [0.4, 0.5) is 5.69 Å². The predicted octanol–water partition coefficient (Wildman–Crippen LogP) is 6.40. The van der Waals surface area contributed by atoms with Crippen molar-refractivity contribution in [2.24, 2.45) is 11.0 Å². The number of hydrogen-bond donors (Lipinski definition) is 2. The molecule has 2 aromatic rings. The number of nitrogens with one attached hydrogen (secondary N) is 2. The molecule has 0 heterocycles. The number of nitrogens with zero attached hydrogens (tertiary/aromatic N) is 1. The summed E-state index contributed by atoms with van der Waals surface area (Å²) in [6, 6.07) is 16.9. The van der Waals surface area contributed by atoms with Gasteiger partial charge in [-0.15, -0.1) is 0 Å². The lowest BCUT2D eigenvalue weighted by Crippen LogP contribution is -2.25. The fourth-order valence-corrected chi connectivity index (χ4v) is 3.45. The van der Waals surface area contributed by atoms with E-state index in [0.29, 0.717) is 11.0 Å². The minimum absolute atomic E-state index is 0.413. The quantitative estimate of drug-likeness (QED) is 0.211. The Morgan fingerprint density at radius 1 is 1.07 bits per heavy atom. The molecule has 0 bridgehead atoms. The molecular formula is C24H33N3S. The van der Waals surface area contributed by atoms with Gasteiger partial charge in [0.1, 0.15) is 0 Å². The van der Waals surface area contributed by atoms with Gasteiger partial charge in [-0.25, -0.2) is 0 Å². The molecule has 0 fully saturated rings. The van der Waals surface area contributed by atoms with Gasteiger partial charge in [0, 0.05) is 17.8 Å². The van der Waals surface area contributed by atoms with E-state index in [1.807, 2.05) is 12.3 Å². The van der Waals surface area contributed by atoms with Crippen molar-refractivity contribution in [2.45, 2.75) is 59.3 Å². The zero-order valence-electron chi connectivity index (χ0n) is 17.4. The van der Waals surface area contributed by atoms with Crippen LogP contribution in [0, 0.1) is 19.8 Å². The fourth-order valence-electron chi connectivity index (χ4n) is 3.28. The number of rotatable bonds is 10. The van der Waals surface area contributed by atoms with Crippen molar-refractivity contribution in [1.82, 2.24) is 5.43 Å². The highest BCUT2D eigenvalue weighted by molar-refractivity contribution is 7.80. The van der Waals surface area contributed by atoms with E-state index in [4.69, 9.17) is 12.2 Å². The molecule has 2 rings (SSSR count). The van der Waals surface area contributed by atoms with Crippen molar-refractivity contribution in [1.29, 1.82) is 0 Å². The summed E-state index contributed by atoms with van der Waals surface area (Å²) in [6.07, 6.45) is 9.27. The number of hydrogen-bond acceptors (Lipinski definition) is 2. The molecule has 0 radical (unpaired) electrons. The van der Waals surface area contributed by atoms with E-state index in [1.165, 1.54) is 42.4 Å². The average molecular weight is 396 g/mol. The first kappa shape index (κ1) is 22.1. The first-order valence-corrected chi connectivity index (χ1v) is 10.7. The maximum atomic E-state index is 5.40. The zero-order valence-corrected chi connectivity index (χ0v) is 18.2. The van der Waals surface area contributed by atoms with Crippen LogP contribution in [0.1, 0.15) is 55.7 Å². The third-order valence-corrected chi connectivity index (χ3v) is 5.04. The van der Waals surface area contributed by atoms with Crippen LogP contribution in [-0.2, 0) is 6.42 Å². The van der Waals surface area contributed by atoms with Crippen molar-refractivity contribution in [3.8, 4) is 0 Å². The van der Waals surface area contributed by atoms with E-state index in [2.05, 4.69) is 79.1 Å². The number of hydrazone groups is 1. The molecule has 1 atom stereocenters. The summed E-state index contributed by atoms with van der Waals surface area (Å²) < 4.78 is 0. The Labute approximate surface area is 175 Å². The van der Waals surface area contributed by atoms with Crippen LogP contribution in [0.2, 0.25) is 0 Å². The number of unbranched alkanes of at least 4 members (excludes halogenated alkanes) is 3. The normalized spacial score (nSPS) is 12.1. The van der Waals surface area contributed by atoms with Gasteiger partial charge in [0.2, 0.25) is 0 Å². The Kier molecular flexibility index (Phi) is 9.70. The lowest BCUT2D eigenvalue weighted by Gasteiger charge is -2.13. The van der Waals surface area contributed by atoms with Gasteiger partial charge in [0.05, 0.1) is 0 Å². The van der Waals surface area contributed by atoms with E-state index in [9.17, 15) is 0 Å². The zero-order chi connectivity index (χ0) is 20.2. The largest absolute Gasteiger partial charge is 0.331 e. The van der Waals surface area contributed by atoms with Gasteiger partial charge in [-0.05, 0) is 56.1 Å². The van der Waals surface area contributed by atoms with Crippen LogP contribution in [0.3, 0.4) is 0 Å². The van der Waals surface area contributed by atoms with E-state index in [1.54, 1.807) is 0 Å². The second-order valence-electron chi connectivity index (χ2n) is 7.46. The molecule has 0 saturated carbocycles. The van der Waals surface area contributed by atoms with Crippen molar-refractivity contribution >= 4 is 29.2 Å². The van der Waals surface area contributed by atoms with Crippen LogP contribution in [0.15, 0.2) is 53.6 Å². The Hall–Kier alpha value is -2.20. The van der Waals surface area contributed by atoms with E-state index in [0.717, 1.165) is 18.5 Å². The van der Waals surface area contributed by atoms with Gasteiger partial charge in [-0.1, -0.05) is 80.6 Å². The molecule has 0 aromatic heterocycles. The van der Waals surface area contributed by atoms with Crippen LogP contribution < -0.4 is 10.7 Å². The minimum Gasteiger partial charge on any atom is -0.331 e. The maximum Gasteiger partial charge on any atom is 0.191 e. The van der Waals surface area contributed by atoms with E-state index in [-0.39, 0.29) is 0 Å². The van der Waals surface area contributed by atoms with E-state index >= 15 is 0 Å². The molecular weight excluding hydrogens is 362 g/mol. The second kappa shape index (κ2) is 12.3. The summed E-state index contributed by atoms with van der Waals surface area (Å²) in [5.74, 6) is 0.413. The van der Waals surface area contributed by atoms with Gasteiger partial charge >= 0.3 is 0 Å². The Morgan fingerprint density at radius 3 is 2.57 bits per heavy atom. The molecule has 0 aliphatic carbocycles. The van der Waals surface area contributed by atoms with Crippen LogP contribution in [0.5, 0.6) is 0 Å². The maximum absolute atomic E-state index is 5.40. The number of benzene rings is 2. The number of aryl methyl sites for hydroxylation is 2. The number of anilines is 1. The van der Waals surface area contributed by atoms with Crippen LogP contribution in [0.25, 0.3) is 0 Å². The molecule has 0 saturated heterocycles. The highest BCUT2D eigenvalue weighted by atomic mass is 32.1. The average Bonchev–Trinajstić information content (AvgIpc) is 2.68. The molecule has 4 heteroatoms. The number of thiocarbonyl (C=S) groups is 1. The molecule has 150 valence electrons. The monoisotopic (exact) mass is 395 g/mol. The topological polar surface area (TPSA) is 36.4 Å². The first-order chi connectivity index (χ1) is 13.6. The smallest absolute Gasteiger partial charge is 0.191 e. The molecule has 0 amide bonds.